The second-order valence-corrected chi connectivity index (χ2v) is 9.73. The Bertz CT molecular complexity index is 1000. The highest BCUT2D eigenvalue weighted by molar-refractivity contribution is 6.08. The third kappa shape index (κ3) is 4.43. The van der Waals surface area contributed by atoms with E-state index in [0.717, 1.165) is 61.3 Å². The van der Waals surface area contributed by atoms with Crippen LogP contribution in [0.4, 0.5) is 0 Å². The molecule has 1 aliphatic carbocycles. The molecule has 1 aromatic rings. The lowest BCUT2D eigenvalue weighted by Gasteiger charge is -2.41. The Kier molecular flexibility index (Phi) is 6.23. The van der Waals surface area contributed by atoms with Crippen LogP contribution in [-0.2, 0) is 27.3 Å². The molecule has 0 unspecified atom stereocenters. The van der Waals surface area contributed by atoms with Crippen molar-refractivity contribution in [2.24, 2.45) is 10.7 Å². The molecule has 7 nitrogen and oxygen atoms in total. The number of nitrogens with zero attached hydrogens (tertiary/aromatic N) is 3. The minimum Gasteiger partial charge on any atom is -0.398 e. The van der Waals surface area contributed by atoms with Gasteiger partial charge in [0.2, 0.25) is 11.8 Å². The predicted molar refractivity (Wildman–Crippen MR) is 128 cm³/mol. The number of carbonyl (C=O) groups excluding carboxylic acids is 2. The molecule has 5 rings (SSSR count). The fourth-order valence-corrected chi connectivity index (χ4v) is 5.40. The minimum atomic E-state index is 0.0480. The van der Waals surface area contributed by atoms with E-state index in [9.17, 15) is 9.59 Å². The average molecular weight is 451 g/mol. The molecule has 0 atom stereocenters. The zero-order valence-corrected chi connectivity index (χ0v) is 19.5. The molecule has 0 bridgehead atoms. The van der Waals surface area contributed by atoms with E-state index >= 15 is 0 Å². The normalized spacial score (nSPS) is 25.1. The van der Waals surface area contributed by atoms with Gasteiger partial charge < -0.3 is 20.3 Å². The van der Waals surface area contributed by atoms with E-state index in [4.69, 9.17) is 15.5 Å². The molecule has 4 aliphatic rings. The average Bonchev–Trinajstić information content (AvgIpc) is 2.78. The first kappa shape index (κ1) is 22.1. The van der Waals surface area contributed by atoms with Crippen molar-refractivity contribution in [2.45, 2.75) is 70.5 Å². The van der Waals surface area contributed by atoms with E-state index in [1.54, 1.807) is 6.92 Å². The Morgan fingerprint density at radius 3 is 2.64 bits per heavy atom. The van der Waals surface area contributed by atoms with Crippen LogP contribution >= 0.6 is 0 Å². The molecule has 33 heavy (non-hydrogen) atoms. The van der Waals surface area contributed by atoms with Crippen LogP contribution in [0.15, 0.2) is 28.8 Å². The summed E-state index contributed by atoms with van der Waals surface area (Å²) in [6.07, 6.45) is 6.36. The summed E-state index contributed by atoms with van der Waals surface area (Å²) in [7, 11) is 0. The molecule has 0 aromatic heterocycles. The van der Waals surface area contributed by atoms with Crippen LogP contribution in [0.3, 0.4) is 0 Å². The SMILES string of the molecule is CC(=O)N1CCC(=NC2CCOCC2)C(=C(N)c2cccc3c2CC(=O)N(C2CCC2)C3)C1. The molecule has 0 spiro atoms. The van der Waals surface area contributed by atoms with Gasteiger partial charge in [-0.2, -0.15) is 0 Å². The Hall–Kier alpha value is -2.67. The molecule has 2 N–H and O–H groups in total. The summed E-state index contributed by atoms with van der Waals surface area (Å²) >= 11 is 0. The first-order valence-electron chi connectivity index (χ1n) is 12.3. The van der Waals surface area contributed by atoms with Crippen molar-refractivity contribution < 1.29 is 14.3 Å². The second-order valence-electron chi connectivity index (χ2n) is 9.73. The Labute approximate surface area is 195 Å². The number of aliphatic imine (C=N–C) groups is 1. The van der Waals surface area contributed by atoms with E-state index in [2.05, 4.69) is 11.0 Å². The minimum absolute atomic E-state index is 0.0480. The van der Waals surface area contributed by atoms with Gasteiger partial charge >= 0.3 is 0 Å². The van der Waals surface area contributed by atoms with E-state index < -0.39 is 0 Å². The summed E-state index contributed by atoms with van der Waals surface area (Å²) in [4.78, 5) is 34.1. The van der Waals surface area contributed by atoms with Gasteiger partial charge in [-0.25, -0.2) is 0 Å². The van der Waals surface area contributed by atoms with E-state index in [-0.39, 0.29) is 17.9 Å². The van der Waals surface area contributed by atoms with E-state index in [0.29, 0.717) is 44.2 Å². The molecule has 2 amide bonds. The van der Waals surface area contributed by atoms with Gasteiger partial charge in [0.1, 0.15) is 0 Å². The van der Waals surface area contributed by atoms with Gasteiger partial charge in [0.15, 0.2) is 0 Å². The second kappa shape index (κ2) is 9.29. The molecule has 3 aliphatic heterocycles. The molecular weight excluding hydrogens is 416 g/mol. The highest BCUT2D eigenvalue weighted by atomic mass is 16.5. The molecule has 3 fully saturated rings. The third-order valence-electron chi connectivity index (χ3n) is 7.68. The number of fused-ring (bicyclic) bond motifs is 1. The maximum absolute atomic E-state index is 13.0. The molecule has 2 saturated heterocycles. The van der Waals surface area contributed by atoms with E-state index in [1.165, 1.54) is 12.0 Å². The Morgan fingerprint density at radius 2 is 1.94 bits per heavy atom. The zero-order valence-electron chi connectivity index (χ0n) is 19.5. The van der Waals surface area contributed by atoms with Crippen LogP contribution in [0.1, 0.15) is 62.1 Å². The first-order valence-corrected chi connectivity index (χ1v) is 12.3. The molecule has 3 heterocycles. The summed E-state index contributed by atoms with van der Waals surface area (Å²) in [5.41, 5.74) is 12.6. The number of carbonyl (C=O) groups is 2. The topological polar surface area (TPSA) is 88.2 Å². The van der Waals surface area contributed by atoms with Crippen LogP contribution in [0.5, 0.6) is 0 Å². The number of hydrogen-bond donors (Lipinski definition) is 1. The number of likely N-dealkylation sites (tertiary alicyclic amines) is 1. The summed E-state index contributed by atoms with van der Waals surface area (Å²) in [5, 5.41) is 0. The third-order valence-corrected chi connectivity index (χ3v) is 7.68. The number of benzene rings is 1. The molecule has 0 radical (unpaired) electrons. The van der Waals surface area contributed by atoms with Crippen molar-refractivity contribution in [2.75, 3.05) is 26.3 Å². The monoisotopic (exact) mass is 450 g/mol. The first-order chi connectivity index (χ1) is 16.0. The number of ether oxygens (including phenoxy) is 1. The lowest BCUT2D eigenvalue weighted by Crippen LogP contribution is -2.47. The van der Waals surface area contributed by atoms with Crippen molar-refractivity contribution >= 4 is 23.2 Å². The maximum atomic E-state index is 13.0. The molecule has 1 aromatic carbocycles. The molecule has 1 saturated carbocycles. The van der Waals surface area contributed by atoms with Crippen molar-refractivity contribution in [3.63, 3.8) is 0 Å². The number of nitrogens with two attached hydrogens (primary N) is 1. The van der Waals surface area contributed by atoms with Crippen molar-refractivity contribution in [3.05, 3.63) is 40.5 Å². The van der Waals surface area contributed by atoms with Crippen LogP contribution in [-0.4, -0.2) is 65.7 Å². The largest absolute Gasteiger partial charge is 0.398 e. The number of rotatable bonds is 3. The van der Waals surface area contributed by atoms with Crippen molar-refractivity contribution in [1.82, 2.24) is 9.80 Å². The summed E-state index contributed by atoms with van der Waals surface area (Å²) < 4.78 is 5.50. The van der Waals surface area contributed by atoms with Crippen LogP contribution < -0.4 is 5.73 Å². The number of piperidine rings is 1. The molecular formula is C26H34N4O3. The van der Waals surface area contributed by atoms with Crippen molar-refractivity contribution in [3.8, 4) is 0 Å². The van der Waals surface area contributed by atoms with Gasteiger partial charge in [-0.05, 0) is 43.2 Å². The number of hydrogen-bond acceptors (Lipinski definition) is 5. The standard InChI is InChI=1S/C26H34N4O3/c1-17(31)29-11-8-24(28-19-9-12-33-13-10-19)23(16-29)26(27)21-7-2-4-18-15-30(20-5-3-6-20)25(32)14-22(18)21/h2,4,7,19-20H,3,5-6,8-16,27H2,1H3. The maximum Gasteiger partial charge on any atom is 0.227 e. The van der Waals surface area contributed by atoms with Gasteiger partial charge in [0, 0.05) is 74.8 Å². The van der Waals surface area contributed by atoms with Gasteiger partial charge in [0.25, 0.3) is 0 Å². The summed E-state index contributed by atoms with van der Waals surface area (Å²) in [6, 6.07) is 6.81. The summed E-state index contributed by atoms with van der Waals surface area (Å²) in [5.74, 6) is 0.245. The van der Waals surface area contributed by atoms with E-state index in [1.807, 2.05) is 17.0 Å². The predicted octanol–water partition coefficient (Wildman–Crippen LogP) is 2.67. The fraction of sp³-hybridized carbons (Fsp3) is 0.577. The summed E-state index contributed by atoms with van der Waals surface area (Å²) in [6.45, 7) is 4.87. The number of amides is 2. The van der Waals surface area contributed by atoms with Crippen LogP contribution in [0.25, 0.3) is 5.70 Å². The van der Waals surface area contributed by atoms with Gasteiger partial charge in [-0.3, -0.25) is 14.6 Å². The lowest BCUT2D eigenvalue weighted by atomic mass is 9.85. The quantitative estimate of drug-likeness (QED) is 0.767. The molecule has 176 valence electrons. The fourth-order valence-electron chi connectivity index (χ4n) is 5.40. The Balaban J connectivity index is 1.51. The van der Waals surface area contributed by atoms with Gasteiger partial charge in [0.05, 0.1) is 12.5 Å². The highest BCUT2D eigenvalue weighted by Crippen LogP contribution is 2.34. The van der Waals surface area contributed by atoms with Crippen molar-refractivity contribution in [1.29, 1.82) is 0 Å². The van der Waals surface area contributed by atoms with Crippen LogP contribution in [0, 0.1) is 0 Å². The Morgan fingerprint density at radius 1 is 1.15 bits per heavy atom. The van der Waals surface area contributed by atoms with Gasteiger partial charge in [-0.1, -0.05) is 18.2 Å². The smallest absolute Gasteiger partial charge is 0.227 e. The highest BCUT2D eigenvalue weighted by Gasteiger charge is 2.34. The van der Waals surface area contributed by atoms with Crippen LogP contribution in [0.2, 0.25) is 0 Å². The lowest BCUT2D eigenvalue weighted by molar-refractivity contribution is -0.136. The van der Waals surface area contributed by atoms with Gasteiger partial charge in [-0.15, -0.1) is 0 Å². The molecule has 7 heteroatoms. The zero-order chi connectivity index (χ0) is 22.9.